The van der Waals surface area contributed by atoms with Gasteiger partial charge in [0.25, 0.3) is 11.7 Å². The Morgan fingerprint density at radius 2 is 1.76 bits per heavy atom. The number of aliphatic hydroxyl groups excluding tert-OH is 1. The molecule has 0 spiro atoms. The molecule has 9 nitrogen and oxygen atoms in total. The van der Waals surface area contributed by atoms with E-state index in [1.54, 1.807) is 23.1 Å². The van der Waals surface area contributed by atoms with E-state index >= 15 is 0 Å². The standard InChI is InChI=1S/C28H32N2O7/c1-2-13-35-21-6-3-19(4-7-21)25-24(26(31)20-5-8-22-23(18-20)37-17-16-36-22)27(32)28(33)30(25)10-9-29-11-14-34-15-12-29/h3-8,18,25,31H,2,9-17H2,1H3/p+1/t25-/m1/s1. The highest BCUT2D eigenvalue weighted by molar-refractivity contribution is 6.46. The number of ether oxygens (including phenoxy) is 4. The van der Waals surface area contributed by atoms with Crippen molar-refractivity contribution in [2.24, 2.45) is 0 Å². The number of carbonyl (C=O) groups is 2. The maximum absolute atomic E-state index is 13.3. The second kappa shape index (κ2) is 11.2. The minimum Gasteiger partial charge on any atom is -0.507 e. The van der Waals surface area contributed by atoms with Crippen molar-refractivity contribution in [1.29, 1.82) is 0 Å². The van der Waals surface area contributed by atoms with Crippen molar-refractivity contribution in [3.63, 3.8) is 0 Å². The van der Waals surface area contributed by atoms with Crippen LogP contribution in [0.15, 0.2) is 48.0 Å². The summed E-state index contributed by atoms with van der Waals surface area (Å²) >= 11 is 0. The van der Waals surface area contributed by atoms with Gasteiger partial charge in [0.2, 0.25) is 0 Å². The molecule has 0 radical (unpaired) electrons. The molecule has 2 saturated heterocycles. The van der Waals surface area contributed by atoms with Crippen molar-refractivity contribution < 1.29 is 38.5 Å². The number of morpholine rings is 1. The molecule has 196 valence electrons. The number of rotatable bonds is 8. The van der Waals surface area contributed by atoms with Crippen molar-refractivity contribution in [2.45, 2.75) is 19.4 Å². The highest BCUT2D eigenvalue weighted by Gasteiger charge is 2.46. The number of hydrogen-bond donors (Lipinski definition) is 2. The number of likely N-dealkylation sites (tertiary alicyclic amines) is 1. The molecule has 0 aliphatic carbocycles. The fourth-order valence-corrected chi connectivity index (χ4v) is 4.96. The lowest BCUT2D eigenvalue weighted by Crippen LogP contribution is -3.14. The lowest BCUT2D eigenvalue weighted by atomic mass is 9.95. The van der Waals surface area contributed by atoms with Gasteiger partial charge in [-0.1, -0.05) is 19.1 Å². The normalized spacial score (nSPS) is 21.3. The van der Waals surface area contributed by atoms with E-state index in [1.807, 2.05) is 31.2 Å². The number of hydrogen-bond acceptors (Lipinski definition) is 7. The van der Waals surface area contributed by atoms with Crippen LogP contribution in [0.2, 0.25) is 0 Å². The number of ketones is 1. The Hall–Kier alpha value is -3.56. The lowest BCUT2D eigenvalue weighted by Gasteiger charge is -2.29. The Kier molecular flexibility index (Phi) is 7.62. The van der Waals surface area contributed by atoms with Crippen LogP contribution in [0.1, 0.15) is 30.5 Å². The maximum Gasteiger partial charge on any atom is 0.295 e. The van der Waals surface area contributed by atoms with Gasteiger partial charge in [-0.2, -0.15) is 0 Å². The zero-order valence-electron chi connectivity index (χ0n) is 21.0. The first-order valence-corrected chi connectivity index (χ1v) is 12.9. The Bertz CT molecular complexity index is 1170. The van der Waals surface area contributed by atoms with Crippen molar-refractivity contribution in [1.82, 2.24) is 4.90 Å². The first kappa shape index (κ1) is 25.1. The quantitative estimate of drug-likeness (QED) is 0.317. The molecule has 0 unspecified atom stereocenters. The van der Waals surface area contributed by atoms with Gasteiger partial charge in [-0.25, -0.2) is 0 Å². The number of benzene rings is 2. The minimum absolute atomic E-state index is 0.0703. The summed E-state index contributed by atoms with van der Waals surface area (Å²) in [5.74, 6) is 0.258. The molecule has 1 amide bonds. The molecular weight excluding hydrogens is 476 g/mol. The molecule has 3 aliphatic rings. The molecular formula is C28H33N2O7+. The number of amides is 1. The molecule has 2 N–H and O–H groups in total. The number of quaternary nitrogens is 1. The summed E-state index contributed by atoms with van der Waals surface area (Å²) in [7, 11) is 0. The van der Waals surface area contributed by atoms with Gasteiger partial charge in [0, 0.05) is 5.56 Å². The number of fused-ring (bicyclic) bond motifs is 1. The number of nitrogens with zero attached hydrogens (tertiary/aromatic N) is 1. The molecule has 2 aromatic carbocycles. The summed E-state index contributed by atoms with van der Waals surface area (Å²) in [4.78, 5) is 29.5. The number of carbonyl (C=O) groups excluding carboxylic acids is 2. The van der Waals surface area contributed by atoms with E-state index in [0.29, 0.717) is 68.9 Å². The van der Waals surface area contributed by atoms with Crippen molar-refractivity contribution in [3.05, 3.63) is 59.2 Å². The van der Waals surface area contributed by atoms with Crippen molar-refractivity contribution in [3.8, 4) is 17.2 Å². The van der Waals surface area contributed by atoms with Gasteiger partial charge in [0.05, 0.1) is 44.5 Å². The molecule has 3 aliphatic heterocycles. The van der Waals surface area contributed by atoms with E-state index in [-0.39, 0.29) is 11.3 Å². The van der Waals surface area contributed by atoms with Gasteiger partial charge in [-0.05, 0) is 42.3 Å². The molecule has 3 heterocycles. The Morgan fingerprint density at radius 1 is 1.03 bits per heavy atom. The predicted octanol–water partition coefficient (Wildman–Crippen LogP) is 1.58. The third kappa shape index (κ3) is 5.28. The molecule has 37 heavy (non-hydrogen) atoms. The smallest absolute Gasteiger partial charge is 0.295 e. The van der Waals surface area contributed by atoms with Gasteiger partial charge in [0.1, 0.15) is 37.8 Å². The van der Waals surface area contributed by atoms with Crippen LogP contribution < -0.4 is 19.1 Å². The largest absolute Gasteiger partial charge is 0.507 e. The summed E-state index contributed by atoms with van der Waals surface area (Å²) in [5, 5.41) is 11.4. The molecule has 0 aromatic heterocycles. The minimum atomic E-state index is -0.714. The highest BCUT2D eigenvalue weighted by atomic mass is 16.6. The summed E-state index contributed by atoms with van der Waals surface area (Å²) in [6.45, 7) is 7.64. The topological polar surface area (TPSA) is 99.0 Å². The zero-order chi connectivity index (χ0) is 25.8. The van der Waals surface area contributed by atoms with E-state index < -0.39 is 17.7 Å². The molecule has 0 bridgehead atoms. The fraction of sp³-hybridized carbons (Fsp3) is 0.429. The first-order chi connectivity index (χ1) is 18.1. The first-order valence-electron chi connectivity index (χ1n) is 12.9. The number of nitrogens with one attached hydrogen (secondary N) is 1. The van der Waals surface area contributed by atoms with Gasteiger partial charge in [-0.15, -0.1) is 0 Å². The Morgan fingerprint density at radius 3 is 2.49 bits per heavy atom. The fourth-order valence-electron chi connectivity index (χ4n) is 4.96. The van der Waals surface area contributed by atoms with Crippen LogP contribution in [0.25, 0.3) is 5.76 Å². The van der Waals surface area contributed by atoms with Gasteiger partial charge >= 0.3 is 0 Å². The van der Waals surface area contributed by atoms with Crippen molar-refractivity contribution >= 4 is 17.4 Å². The predicted molar refractivity (Wildman–Crippen MR) is 135 cm³/mol. The number of aliphatic hydroxyl groups is 1. The lowest BCUT2D eigenvalue weighted by molar-refractivity contribution is -0.907. The Labute approximate surface area is 216 Å². The van der Waals surface area contributed by atoms with Gasteiger partial charge in [-0.3, -0.25) is 9.59 Å². The monoisotopic (exact) mass is 509 g/mol. The van der Waals surface area contributed by atoms with Gasteiger partial charge < -0.3 is 33.9 Å². The van der Waals surface area contributed by atoms with Crippen LogP contribution in [0, 0.1) is 0 Å². The van der Waals surface area contributed by atoms with Gasteiger partial charge in [0.15, 0.2) is 11.5 Å². The maximum atomic E-state index is 13.3. The van der Waals surface area contributed by atoms with Crippen LogP contribution in [-0.2, 0) is 14.3 Å². The second-order valence-corrected chi connectivity index (χ2v) is 9.38. The number of Topliss-reactive ketones (excluding diaryl/α,β-unsaturated/α-hetero) is 1. The highest BCUT2D eigenvalue weighted by Crippen LogP contribution is 2.41. The molecule has 2 fully saturated rings. The van der Waals surface area contributed by atoms with Crippen LogP contribution in [-0.4, -0.2) is 80.9 Å². The van der Waals surface area contributed by atoms with Crippen LogP contribution in [0.3, 0.4) is 0 Å². The SMILES string of the molecule is CCCOc1ccc([C@@H]2C(=C(O)c3ccc4c(c3)OCCO4)C(=O)C(=O)N2CC[NH+]2CCOCC2)cc1. The molecule has 9 heteroatoms. The summed E-state index contributed by atoms with van der Waals surface area (Å²) in [6.07, 6.45) is 0.890. The third-order valence-electron chi connectivity index (χ3n) is 6.93. The Balaban J connectivity index is 1.51. The average molecular weight is 510 g/mol. The van der Waals surface area contributed by atoms with Crippen LogP contribution in [0.5, 0.6) is 17.2 Å². The van der Waals surface area contributed by atoms with E-state index in [1.165, 1.54) is 4.90 Å². The van der Waals surface area contributed by atoms with Crippen molar-refractivity contribution in [2.75, 3.05) is 59.2 Å². The summed E-state index contributed by atoms with van der Waals surface area (Å²) in [6, 6.07) is 11.7. The van der Waals surface area contributed by atoms with Crippen LogP contribution >= 0.6 is 0 Å². The molecule has 2 aromatic rings. The van der Waals surface area contributed by atoms with E-state index in [2.05, 4.69) is 0 Å². The molecule has 0 saturated carbocycles. The van der Waals surface area contributed by atoms with Crippen LogP contribution in [0.4, 0.5) is 0 Å². The second-order valence-electron chi connectivity index (χ2n) is 9.38. The molecule has 5 rings (SSSR count). The molecule has 1 atom stereocenters. The zero-order valence-corrected chi connectivity index (χ0v) is 21.0. The van der Waals surface area contributed by atoms with E-state index in [0.717, 1.165) is 25.1 Å². The summed E-state index contributed by atoms with van der Waals surface area (Å²) < 4.78 is 22.4. The third-order valence-corrected chi connectivity index (χ3v) is 6.93. The summed E-state index contributed by atoms with van der Waals surface area (Å²) in [5.41, 5.74) is 1.20. The average Bonchev–Trinajstić information content (AvgIpc) is 3.20. The van der Waals surface area contributed by atoms with E-state index in [4.69, 9.17) is 18.9 Å². The van der Waals surface area contributed by atoms with E-state index in [9.17, 15) is 14.7 Å².